The summed E-state index contributed by atoms with van der Waals surface area (Å²) in [5.41, 5.74) is 7.87. The fraction of sp³-hybridized carbons (Fsp3) is 0. The van der Waals surface area contributed by atoms with E-state index in [1.807, 2.05) is 24.4 Å². The van der Waals surface area contributed by atoms with Crippen molar-refractivity contribution >= 4 is 54.5 Å². The highest BCUT2D eigenvalue weighted by Crippen LogP contribution is 2.41. The Labute approximate surface area is 212 Å². The fourth-order valence-corrected chi connectivity index (χ4v) is 5.53. The van der Waals surface area contributed by atoms with E-state index in [-0.39, 0.29) is 0 Å². The van der Waals surface area contributed by atoms with E-state index < -0.39 is 0 Å². The number of pyridine rings is 2. The average Bonchev–Trinajstić information content (AvgIpc) is 3.33. The topological polar surface area (TPSA) is 38.9 Å². The minimum Gasteiger partial charge on any atom is -0.455 e. The zero-order valence-corrected chi connectivity index (χ0v) is 19.8. The molecule has 3 heteroatoms. The maximum atomic E-state index is 6.47. The molecule has 172 valence electrons. The Morgan fingerprint density at radius 2 is 1.27 bits per heavy atom. The van der Waals surface area contributed by atoms with Gasteiger partial charge in [0.2, 0.25) is 0 Å². The van der Waals surface area contributed by atoms with Gasteiger partial charge in [-0.05, 0) is 46.7 Å². The molecule has 0 unspecified atom stereocenters. The lowest BCUT2D eigenvalue weighted by molar-refractivity contribution is 0.670. The van der Waals surface area contributed by atoms with Gasteiger partial charge in [0.25, 0.3) is 0 Å². The third kappa shape index (κ3) is 3.08. The second-order valence-electron chi connectivity index (χ2n) is 9.44. The molecular formula is C34H20N2O. The molecular weight excluding hydrogens is 452 g/mol. The van der Waals surface area contributed by atoms with E-state index in [1.165, 1.54) is 10.8 Å². The second-order valence-corrected chi connectivity index (χ2v) is 9.44. The molecule has 3 nitrogen and oxygen atoms in total. The molecule has 0 radical (unpaired) electrons. The molecule has 0 amide bonds. The lowest BCUT2D eigenvalue weighted by atomic mass is 9.93. The van der Waals surface area contributed by atoms with Gasteiger partial charge in [0.1, 0.15) is 11.2 Å². The van der Waals surface area contributed by atoms with E-state index in [0.29, 0.717) is 0 Å². The van der Waals surface area contributed by atoms with Crippen LogP contribution in [0.5, 0.6) is 0 Å². The van der Waals surface area contributed by atoms with E-state index >= 15 is 0 Å². The average molecular weight is 473 g/mol. The minimum atomic E-state index is 0.904. The Morgan fingerprint density at radius 1 is 0.514 bits per heavy atom. The molecule has 0 saturated heterocycles. The number of furan rings is 1. The Balaban J connectivity index is 1.39. The van der Waals surface area contributed by atoms with Crippen molar-refractivity contribution in [3.05, 3.63) is 121 Å². The maximum Gasteiger partial charge on any atom is 0.143 e. The van der Waals surface area contributed by atoms with Gasteiger partial charge in [-0.15, -0.1) is 0 Å². The summed E-state index contributed by atoms with van der Waals surface area (Å²) >= 11 is 0. The summed E-state index contributed by atoms with van der Waals surface area (Å²) in [4.78, 5) is 9.71. The summed E-state index contributed by atoms with van der Waals surface area (Å²) in [6, 6.07) is 40.1. The van der Waals surface area contributed by atoms with Crippen LogP contribution < -0.4 is 0 Å². The van der Waals surface area contributed by atoms with Crippen molar-refractivity contribution in [3.63, 3.8) is 0 Å². The quantitative estimate of drug-likeness (QED) is 0.235. The van der Waals surface area contributed by atoms with Gasteiger partial charge < -0.3 is 4.42 Å². The van der Waals surface area contributed by atoms with Crippen LogP contribution in [0.1, 0.15) is 0 Å². The smallest absolute Gasteiger partial charge is 0.143 e. The Hall–Kier alpha value is -5.02. The largest absolute Gasteiger partial charge is 0.455 e. The van der Waals surface area contributed by atoms with Crippen molar-refractivity contribution in [3.8, 4) is 22.4 Å². The summed E-state index contributed by atoms with van der Waals surface area (Å²) in [5, 5.41) is 6.82. The summed E-state index contributed by atoms with van der Waals surface area (Å²) in [6.07, 6.45) is 1.83. The number of nitrogens with zero attached hydrogens (tertiary/aromatic N) is 2. The van der Waals surface area contributed by atoms with Gasteiger partial charge in [0.05, 0.1) is 16.7 Å². The Bertz CT molecular complexity index is 2160. The molecule has 3 heterocycles. The number of benzene rings is 5. The van der Waals surface area contributed by atoms with E-state index in [1.54, 1.807) is 0 Å². The highest BCUT2D eigenvalue weighted by atomic mass is 16.3. The zero-order chi connectivity index (χ0) is 24.3. The summed E-state index contributed by atoms with van der Waals surface area (Å²) in [6.45, 7) is 0. The molecule has 0 aliphatic heterocycles. The van der Waals surface area contributed by atoms with Gasteiger partial charge in [-0.25, -0.2) is 4.98 Å². The first kappa shape index (κ1) is 20.2. The van der Waals surface area contributed by atoms with Gasteiger partial charge in [0.15, 0.2) is 0 Å². The maximum absolute atomic E-state index is 6.47. The van der Waals surface area contributed by atoms with E-state index in [4.69, 9.17) is 9.40 Å². The van der Waals surface area contributed by atoms with Gasteiger partial charge in [0, 0.05) is 38.9 Å². The lowest BCUT2D eigenvalue weighted by Crippen LogP contribution is -1.90. The van der Waals surface area contributed by atoms with Crippen LogP contribution in [0.25, 0.3) is 76.9 Å². The first-order valence-electron chi connectivity index (χ1n) is 12.4. The fourth-order valence-electron chi connectivity index (χ4n) is 5.53. The normalized spacial score (nSPS) is 11.8. The van der Waals surface area contributed by atoms with Crippen molar-refractivity contribution < 1.29 is 4.42 Å². The van der Waals surface area contributed by atoms with E-state index in [9.17, 15) is 0 Å². The molecule has 0 aliphatic carbocycles. The molecule has 37 heavy (non-hydrogen) atoms. The Kier molecular flexibility index (Phi) is 4.23. The highest BCUT2D eigenvalue weighted by molar-refractivity contribution is 6.18. The zero-order valence-electron chi connectivity index (χ0n) is 19.8. The van der Waals surface area contributed by atoms with Crippen molar-refractivity contribution in [2.24, 2.45) is 0 Å². The molecule has 0 spiro atoms. The van der Waals surface area contributed by atoms with Crippen LogP contribution in [0.4, 0.5) is 0 Å². The predicted octanol–water partition coefficient (Wildman–Crippen LogP) is 9.17. The first-order chi connectivity index (χ1) is 18.3. The van der Waals surface area contributed by atoms with Crippen molar-refractivity contribution in [1.82, 2.24) is 9.97 Å². The molecule has 8 rings (SSSR count). The predicted molar refractivity (Wildman–Crippen MR) is 153 cm³/mol. The Morgan fingerprint density at radius 3 is 2.22 bits per heavy atom. The number of hydrogen-bond donors (Lipinski definition) is 0. The van der Waals surface area contributed by atoms with Crippen LogP contribution in [0.15, 0.2) is 126 Å². The van der Waals surface area contributed by atoms with Gasteiger partial charge in [-0.3, -0.25) is 4.98 Å². The van der Waals surface area contributed by atoms with Crippen LogP contribution in [-0.4, -0.2) is 9.97 Å². The second kappa shape index (κ2) is 7.74. The van der Waals surface area contributed by atoms with E-state index in [2.05, 4.69) is 102 Å². The molecule has 0 atom stereocenters. The number of hydrogen-bond acceptors (Lipinski definition) is 3. The number of aromatic nitrogens is 2. The third-order valence-electron chi connectivity index (χ3n) is 7.27. The monoisotopic (exact) mass is 472 g/mol. The van der Waals surface area contributed by atoms with Crippen molar-refractivity contribution in [2.45, 2.75) is 0 Å². The first-order valence-corrected chi connectivity index (χ1v) is 12.4. The van der Waals surface area contributed by atoms with Crippen LogP contribution in [-0.2, 0) is 0 Å². The summed E-state index contributed by atoms with van der Waals surface area (Å²) in [5.74, 6) is 0. The molecule has 8 aromatic rings. The molecule has 5 aromatic carbocycles. The highest BCUT2D eigenvalue weighted by Gasteiger charge is 2.17. The number of para-hydroxylation sites is 1. The summed E-state index contributed by atoms with van der Waals surface area (Å²) < 4.78 is 6.47. The van der Waals surface area contributed by atoms with Gasteiger partial charge in [-0.2, -0.15) is 0 Å². The summed E-state index contributed by atoms with van der Waals surface area (Å²) in [7, 11) is 0. The van der Waals surface area contributed by atoms with Crippen molar-refractivity contribution in [2.75, 3.05) is 0 Å². The minimum absolute atomic E-state index is 0.904. The van der Waals surface area contributed by atoms with Crippen LogP contribution >= 0.6 is 0 Å². The molecule has 0 fully saturated rings. The molecule has 0 N–H and O–H groups in total. The lowest BCUT2D eigenvalue weighted by Gasteiger charge is -2.11. The van der Waals surface area contributed by atoms with E-state index in [0.717, 1.165) is 66.1 Å². The number of rotatable bonds is 2. The molecule has 3 aromatic heterocycles. The van der Waals surface area contributed by atoms with Crippen LogP contribution in [0.3, 0.4) is 0 Å². The van der Waals surface area contributed by atoms with Crippen molar-refractivity contribution in [1.29, 1.82) is 0 Å². The number of fused-ring (bicyclic) bond motifs is 7. The third-order valence-corrected chi connectivity index (χ3v) is 7.27. The molecule has 0 bridgehead atoms. The van der Waals surface area contributed by atoms with Gasteiger partial charge in [-0.1, -0.05) is 84.9 Å². The van der Waals surface area contributed by atoms with Gasteiger partial charge >= 0.3 is 0 Å². The molecule has 0 saturated carbocycles. The molecule has 0 aliphatic rings. The van der Waals surface area contributed by atoms with Crippen LogP contribution in [0.2, 0.25) is 0 Å². The SMILES string of the molecule is c1cc(-c2ccc3ccc4cccnc4c3n2)cc(-c2c3ccccc3cc3c2oc2ccccc23)c1. The van der Waals surface area contributed by atoms with Crippen LogP contribution in [0, 0.1) is 0 Å². The standard InChI is InChI=1S/C34H20N2O/c1-2-11-26-23(7-1)20-28-27-12-3-4-13-30(27)37-34(28)31(26)25-9-5-8-24(19-25)29-17-16-22-15-14-21-10-6-18-35-32(21)33(22)36-29/h1-20H.